The van der Waals surface area contributed by atoms with Crippen molar-refractivity contribution in [2.24, 2.45) is 0 Å². The van der Waals surface area contributed by atoms with Gasteiger partial charge < -0.3 is 5.32 Å². The van der Waals surface area contributed by atoms with Crippen molar-refractivity contribution >= 4 is 34.4 Å². The number of halogens is 1. The summed E-state index contributed by atoms with van der Waals surface area (Å²) in [5.74, 6) is -0.220. The van der Waals surface area contributed by atoms with E-state index in [2.05, 4.69) is 10.3 Å². The molecule has 0 saturated carbocycles. The number of aryl methyl sites for hydroxylation is 2. The van der Waals surface area contributed by atoms with Gasteiger partial charge >= 0.3 is 6.03 Å². The van der Waals surface area contributed by atoms with Gasteiger partial charge in [-0.15, -0.1) is 0 Å². The lowest BCUT2D eigenvalue weighted by molar-refractivity contribution is -0.132. The van der Waals surface area contributed by atoms with E-state index in [4.69, 9.17) is 11.6 Å². The Morgan fingerprint density at radius 1 is 1.18 bits per heavy atom. The SMILES string of the molecule is Cc1ccc2cc(CN3C(=O)NC4(CCc5ccccc54)C3=O)c(Cl)nc2c1. The number of rotatable bonds is 2. The summed E-state index contributed by atoms with van der Waals surface area (Å²) in [4.78, 5) is 31.7. The summed E-state index contributed by atoms with van der Waals surface area (Å²) in [6.45, 7) is 2.10. The molecule has 0 radical (unpaired) electrons. The van der Waals surface area contributed by atoms with Gasteiger partial charge in [-0.1, -0.05) is 48.0 Å². The van der Waals surface area contributed by atoms with E-state index in [1.165, 1.54) is 4.90 Å². The van der Waals surface area contributed by atoms with Gasteiger partial charge in [0.2, 0.25) is 0 Å². The Balaban J connectivity index is 1.51. The van der Waals surface area contributed by atoms with Crippen LogP contribution in [0.1, 0.15) is 28.7 Å². The molecule has 2 aromatic carbocycles. The highest BCUT2D eigenvalue weighted by molar-refractivity contribution is 6.30. The number of nitrogens with one attached hydrogen (secondary N) is 1. The highest BCUT2D eigenvalue weighted by Gasteiger charge is 2.55. The van der Waals surface area contributed by atoms with Gasteiger partial charge in [0.05, 0.1) is 12.1 Å². The fraction of sp³-hybridized carbons (Fsp3) is 0.227. The molecule has 3 amide bonds. The molecule has 5 rings (SSSR count). The second-order valence-corrected chi connectivity index (χ2v) is 7.88. The predicted molar refractivity (Wildman–Crippen MR) is 107 cm³/mol. The Hall–Kier alpha value is -2.92. The lowest BCUT2D eigenvalue weighted by atomic mass is 9.92. The van der Waals surface area contributed by atoms with Gasteiger partial charge in [0, 0.05) is 10.9 Å². The number of hydrogen-bond acceptors (Lipinski definition) is 3. The van der Waals surface area contributed by atoms with Crippen LogP contribution in [0.5, 0.6) is 0 Å². The Bertz CT molecular complexity index is 1160. The van der Waals surface area contributed by atoms with Gasteiger partial charge in [0.1, 0.15) is 10.7 Å². The van der Waals surface area contributed by atoms with Crippen LogP contribution >= 0.6 is 11.6 Å². The third-order valence-electron chi connectivity index (χ3n) is 5.75. The third kappa shape index (κ3) is 2.43. The van der Waals surface area contributed by atoms with Crippen LogP contribution in [0.15, 0.2) is 48.5 Å². The van der Waals surface area contributed by atoms with Crippen molar-refractivity contribution in [3.63, 3.8) is 0 Å². The minimum atomic E-state index is -0.957. The first-order valence-corrected chi connectivity index (χ1v) is 9.64. The molecule has 5 nitrogen and oxygen atoms in total. The van der Waals surface area contributed by atoms with Crippen molar-refractivity contribution in [2.45, 2.75) is 31.8 Å². The fourth-order valence-electron chi connectivity index (χ4n) is 4.31. The molecular formula is C22H18ClN3O2. The number of nitrogens with zero attached hydrogens (tertiary/aromatic N) is 2. The molecule has 1 aliphatic carbocycles. The minimum Gasteiger partial charge on any atom is -0.319 e. The molecule has 0 bridgehead atoms. The molecule has 140 valence electrons. The number of fused-ring (bicyclic) bond motifs is 3. The summed E-state index contributed by atoms with van der Waals surface area (Å²) < 4.78 is 0. The van der Waals surface area contributed by atoms with Crippen molar-refractivity contribution in [2.75, 3.05) is 0 Å². The summed E-state index contributed by atoms with van der Waals surface area (Å²) in [5.41, 5.74) is 3.60. The van der Waals surface area contributed by atoms with E-state index >= 15 is 0 Å². The van der Waals surface area contributed by atoms with Crippen LogP contribution in [0.4, 0.5) is 4.79 Å². The molecule has 1 aliphatic heterocycles. The lowest BCUT2D eigenvalue weighted by Crippen LogP contribution is -2.41. The second-order valence-electron chi connectivity index (χ2n) is 7.52. The summed E-state index contributed by atoms with van der Waals surface area (Å²) in [5, 5.41) is 4.18. The quantitative estimate of drug-likeness (QED) is 0.528. The molecule has 1 aromatic heterocycles. The third-order valence-corrected chi connectivity index (χ3v) is 6.08. The molecule has 1 spiro atoms. The van der Waals surface area contributed by atoms with Crippen molar-refractivity contribution in [3.8, 4) is 0 Å². The van der Waals surface area contributed by atoms with E-state index in [1.54, 1.807) is 0 Å². The zero-order chi connectivity index (χ0) is 19.5. The van der Waals surface area contributed by atoms with Gasteiger partial charge in [-0.25, -0.2) is 9.78 Å². The highest BCUT2D eigenvalue weighted by atomic mass is 35.5. The van der Waals surface area contributed by atoms with E-state index < -0.39 is 5.54 Å². The molecule has 1 atom stereocenters. The smallest absolute Gasteiger partial charge is 0.319 e. The summed E-state index contributed by atoms with van der Waals surface area (Å²) in [7, 11) is 0. The molecule has 1 unspecified atom stereocenters. The zero-order valence-electron chi connectivity index (χ0n) is 15.3. The molecule has 3 aromatic rings. The van der Waals surface area contributed by atoms with E-state index in [1.807, 2.05) is 55.5 Å². The number of amides is 3. The molecule has 6 heteroatoms. The Morgan fingerprint density at radius 3 is 2.86 bits per heavy atom. The number of benzene rings is 2. The summed E-state index contributed by atoms with van der Waals surface area (Å²) in [6, 6.07) is 15.2. The Labute approximate surface area is 167 Å². The minimum absolute atomic E-state index is 0.101. The predicted octanol–water partition coefficient (Wildman–Crippen LogP) is 4.09. The lowest BCUT2D eigenvalue weighted by Gasteiger charge is -2.22. The average molecular weight is 392 g/mol. The highest BCUT2D eigenvalue weighted by Crippen LogP contribution is 2.41. The first kappa shape index (κ1) is 17.2. The van der Waals surface area contributed by atoms with E-state index in [0.717, 1.165) is 34.0 Å². The number of carbonyl (C=O) groups excluding carboxylic acids is 2. The fourth-order valence-corrected chi connectivity index (χ4v) is 4.52. The molecule has 1 saturated heterocycles. The number of aromatic nitrogens is 1. The van der Waals surface area contributed by atoms with Crippen LogP contribution < -0.4 is 5.32 Å². The standard InChI is InChI=1S/C22H18ClN3O2/c1-13-6-7-15-11-16(19(23)24-18(15)10-13)12-26-20(27)22(25-21(26)28)9-8-14-4-2-3-5-17(14)22/h2-7,10-11H,8-9,12H2,1H3,(H,25,28). The van der Waals surface area contributed by atoms with Crippen LogP contribution in [0.3, 0.4) is 0 Å². The number of imide groups is 1. The first-order chi connectivity index (χ1) is 13.5. The van der Waals surface area contributed by atoms with Crippen LogP contribution in [-0.2, 0) is 23.3 Å². The molecule has 2 aliphatic rings. The first-order valence-electron chi connectivity index (χ1n) is 9.26. The number of hydrogen-bond donors (Lipinski definition) is 1. The average Bonchev–Trinajstić information content (AvgIpc) is 3.16. The second kappa shape index (κ2) is 6.04. The Morgan fingerprint density at radius 2 is 2.00 bits per heavy atom. The molecule has 1 fully saturated rings. The maximum atomic E-state index is 13.3. The van der Waals surface area contributed by atoms with Gasteiger partial charge in [0.25, 0.3) is 5.91 Å². The van der Waals surface area contributed by atoms with Crippen molar-refractivity contribution < 1.29 is 9.59 Å². The van der Waals surface area contributed by atoms with Crippen molar-refractivity contribution in [1.29, 1.82) is 0 Å². The van der Waals surface area contributed by atoms with Crippen LogP contribution in [0, 0.1) is 6.92 Å². The topological polar surface area (TPSA) is 62.3 Å². The van der Waals surface area contributed by atoms with Gasteiger partial charge in [-0.3, -0.25) is 9.69 Å². The summed E-state index contributed by atoms with van der Waals surface area (Å²) in [6.07, 6.45) is 1.35. The van der Waals surface area contributed by atoms with E-state index in [0.29, 0.717) is 17.1 Å². The normalized spacial score (nSPS) is 20.9. The largest absolute Gasteiger partial charge is 0.325 e. The van der Waals surface area contributed by atoms with Crippen molar-refractivity contribution in [3.05, 3.63) is 75.9 Å². The zero-order valence-corrected chi connectivity index (χ0v) is 16.1. The number of urea groups is 1. The van der Waals surface area contributed by atoms with Gasteiger partial charge in [0.15, 0.2) is 0 Å². The van der Waals surface area contributed by atoms with E-state index in [-0.39, 0.29) is 18.5 Å². The van der Waals surface area contributed by atoms with E-state index in [9.17, 15) is 9.59 Å². The molecular weight excluding hydrogens is 374 g/mol. The molecule has 28 heavy (non-hydrogen) atoms. The molecule has 2 heterocycles. The van der Waals surface area contributed by atoms with Crippen molar-refractivity contribution in [1.82, 2.24) is 15.2 Å². The van der Waals surface area contributed by atoms with Crippen LogP contribution in [0.25, 0.3) is 10.9 Å². The number of carbonyl (C=O) groups is 2. The van der Waals surface area contributed by atoms with Gasteiger partial charge in [-0.2, -0.15) is 0 Å². The maximum Gasteiger partial charge on any atom is 0.325 e. The van der Waals surface area contributed by atoms with Crippen LogP contribution in [-0.4, -0.2) is 21.8 Å². The van der Waals surface area contributed by atoms with Crippen LogP contribution in [0.2, 0.25) is 5.15 Å². The van der Waals surface area contributed by atoms with Gasteiger partial charge in [-0.05, 0) is 48.6 Å². The maximum absolute atomic E-state index is 13.3. The number of pyridine rings is 1. The Kier molecular flexibility index (Phi) is 3.71. The molecule has 1 N–H and O–H groups in total. The summed E-state index contributed by atoms with van der Waals surface area (Å²) >= 11 is 6.38. The monoisotopic (exact) mass is 391 g/mol.